The van der Waals surface area contributed by atoms with Crippen LogP contribution >= 0.6 is 0 Å². The minimum atomic E-state index is -0.499. The Labute approximate surface area is 128 Å². The van der Waals surface area contributed by atoms with E-state index in [1.807, 2.05) is 26.0 Å². The van der Waals surface area contributed by atoms with Gasteiger partial charge in [-0.15, -0.1) is 0 Å². The van der Waals surface area contributed by atoms with Gasteiger partial charge in [0.05, 0.1) is 0 Å². The second-order valence-corrected chi connectivity index (χ2v) is 5.40. The first kappa shape index (κ1) is 18.0. The van der Waals surface area contributed by atoms with E-state index in [1.165, 1.54) is 0 Å². The van der Waals surface area contributed by atoms with Crippen molar-refractivity contribution in [2.45, 2.75) is 39.7 Å². The highest BCUT2D eigenvalue weighted by Gasteiger charge is 2.06. The number of aliphatic hydroxyl groups is 1. The molecule has 0 bridgehead atoms. The van der Waals surface area contributed by atoms with Crippen LogP contribution < -0.4 is 10.1 Å². The Hall–Kier alpha value is -1.10. The Kier molecular flexibility index (Phi) is 9.06. The number of rotatable bonds is 11. The molecule has 2 N–H and O–H groups in total. The number of nitrogens with one attached hydrogen (secondary N) is 1. The minimum Gasteiger partial charge on any atom is -0.491 e. The van der Waals surface area contributed by atoms with Crippen molar-refractivity contribution in [3.8, 4) is 5.75 Å². The third-order valence-corrected chi connectivity index (χ3v) is 3.15. The minimum absolute atomic E-state index is 0.309. The van der Waals surface area contributed by atoms with E-state index in [1.54, 1.807) is 0 Å². The summed E-state index contributed by atoms with van der Waals surface area (Å²) in [4.78, 5) is 0. The van der Waals surface area contributed by atoms with E-state index in [0.717, 1.165) is 49.5 Å². The molecule has 0 fully saturated rings. The maximum absolute atomic E-state index is 9.89. The zero-order valence-electron chi connectivity index (χ0n) is 13.5. The topological polar surface area (TPSA) is 50.7 Å². The van der Waals surface area contributed by atoms with Crippen molar-refractivity contribution in [1.29, 1.82) is 0 Å². The van der Waals surface area contributed by atoms with E-state index in [2.05, 4.69) is 18.3 Å². The lowest BCUT2D eigenvalue weighted by Gasteiger charge is -2.15. The lowest BCUT2D eigenvalue weighted by atomic mass is 10.1. The fourth-order valence-electron chi connectivity index (χ4n) is 1.92. The molecule has 1 atom stereocenters. The molecule has 4 nitrogen and oxygen atoms in total. The van der Waals surface area contributed by atoms with E-state index in [9.17, 15) is 5.11 Å². The van der Waals surface area contributed by atoms with Gasteiger partial charge in [0.15, 0.2) is 0 Å². The predicted molar refractivity (Wildman–Crippen MR) is 86.0 cm³/mol. The van der Waals surface area contributed by atoms with Gasteiger partial charge in [0.25, 0.3) is 0 Å². The summed E-state index contributed by atoms with van der Waals surface area (Å²) in [7, 11) is 0. The standard InChI is InChI=1S/C17H29NO3/c1-4-9-20-10-5-8-18-12-16(19)13-21-17-11-14(2)6-7-15(17)3/h6-7,11,16,18-19H,4-5,8-10,12-13H2,1-3H3. The number of hydrogen-bond donors (Lipinski definition) is 2. The molecule has 0 amide bonds. The highest BCUT2D eigenvalue weighted by atomic mass is 16.5. The molecule has 0 saturated carbocycles. The molecular weight excluding hydrogens is 266 g/mol. The van der Waals surface area contributed by atoms with Crippen LogP contribution in [0.5, 0.6) is 5.75 Å². The predicted octanol–water partition coefficient (Wildman–Crippen LogP) is 2.45. The molecule has 1 unspecified atom stereocenters. The second kappa shape index (κ2) is 10.6. The Morgan fingerprint density at radius 1 is 1.24 bits per heavy atom. The summed E-state index contributed by atoms with van der Waals surface area (Å²) in [6.45, 7) is 9.44. The summed E-state index contributed by atoms with van der Waals surface area (Å²) in [6, 6.07) is 6.09. The van der Waals surface area contributed by atoms with Crippen LogP contribution in [0.1, 0.15) is 30.9 Å². The molecule has 1 aromatic rings. The van der Waals surface area contributed by atoms with Crippen LogP contribution in [0.15, 0.2) is 18.2 Å². The van der Waals surface area contributed by atoms with Crippen LogP contribution in [-0.4, -0.2) is 44.1 Å². The molecule has 0 aliphatic heterocycles. The third kappa shape index (κ3) is 8.05. The quantitative estimate of drug-likeness (QED) is 0.616. The summed E-state index contributed by atoms with van der Waals surface area (Å²) >= 11 is 0. The normalized spacial score (nSPS) is 12.4. The van der Waals surface area contributed by atoms with Gasteiger partial charge in [0, 0.05) is 19.8 Å². The van der Waals surface area contributed by atoms with Crippen molar-refractivity contribution < 1.29 is 14.6 Å². The first-order valence-corrected chi connectivity index (χ1v) is 7.80. The highest BCUT2D eigenvalue weighted by Crippen LogP contribution is 2.19. The maximum atomic E-state index is 9.89. The number of benzene rings is 1. The molecule has 21 heavy (non-hydrogen) atoms. The Morgan fingerprint density at radius 2 is 2.05 bits per heavy atom. The number of hydrogen-bond acceptors (Lipinski definition) is 4. The lowest BCUT2D eigenvalue weighted by molar-refractivity contribution is 0.103. The molecule has 0 aliphatic rings. The summed E-state index contributed by atoms with van der Waals surface area (Å²) < 4.78 is 11.1. The van der Waals surface area contributed by atoms with Gasteiger partial charge in [0.1, 0.15) is 18.5 Å². The van der Waals surface area contributed by atoms with E-state index < -0.39 is 6.10 Å². The highest BCUT2D eigenvalue weighted by molar-refractivity contribution is 5.35. The molecular formula is C17H29NO3. The maximum Gasteiger partial charge on any atom is 0.122 e. The SMILES string of the molecule is CCCOCCCNCC(O)COc1cc(C)ccc1C. The van der Waals surface area contributed by atoms with Crippen molar-refractivity contribution in [3.05, 3.63) is 29.3 Å². The van der Waals surface area contributed by atoms with Crippen molar-refractivity contribution in [2.24, 2.45) is 0 Å². The molecule has 0 aromatic heterocycles. The summed E-state index contributed by atoms with van der Waals surface area (Å²) in [5, 5.41) is 13.1. The van der Waals surface area contributed by atoms with Crippen molar-refractivity contribution in [1.82, 2.24) is 5.32 Å². The van der Waals surface area contributed by atoms with Crippen LogP contribution in [0.2, 0.25) is 0 Å². The van der Waals surface area contributed by atoms with Gasteiger partial charge in [-0.2, -0.15) is 0 Å². The third-order valence-electron chi connectivity index (χ3n) is 3.15. The summed E-state index contributed by atoms with van der Waals surface area (Å²) in [5.74, 6) is 0.849. The number of aliphatic hydroxyl groups excluding tert-OH is 1. The van der Waals surface area contributed by atoms with E-state index in [0.29, 0.717) is 13.2 Å². The van der Waals surface area contributed by atoms with Gasteiger partial charge in [-0.25, -0.2) is 0 Å². The lowest BCUT2D eigenvalue weighted by Crippen LogP contribution is -2.32. The molecule has 1 rings (SSSR count). The Balaban J connectivity index is 2.11. The van der Waals surface area contributed by atoms with Crippen LogP contribution in [-0.2, 0) is 4.74 Å². The molecule has 0 aliphatic carbocycles. The van der Waals surface area contributed by atoms with Crippen LogP contribution in [0.3, 0.4) is 0 Å². The van der Waals surface area contributed by atoms with Crippen LogP contribution in [0, 0.1) is 13.8 Å². The largest absolute Gasteiger partial charge is 0.491 e. The zero-order valence-corrected chi connectivity index (χ0v) is 13.5. The Morgan fingerprint density at radius 3 is 2.81 bits per heavy atom. The van der Waals surface area contributed by atoms with Gasteiger partial charge >= 0.3 is 0 Å². The zero-order chi connectivity index (χ0) is 15.5. The monoisotopic (exact) mass is 295 g/mol. The molecule has 1 aromatic carbocycles. The summed E-state index contributed by atoms with van der Waals surface area (Å²) in [5.41, 5.74) is 2.25. The molecule has 4 heteroatoms. The summed E-state index contributed by atoms with van der Waals surface area (Å²) in [6.07, 6.45) is 1.52. The molecule has 0 radical (unpaired) electrons. The van der Waals surface area contributed by atoms with Crippen LogP contribution in [0.25, 0.3) is 0 Å². The second-order valence-electron chi connectivity index (χ2n) is 5.40. The molecule has 0 saturated heterocycles. The fraction of sp³-hybridized carbons (Fsp3) is 0.647. The Bertz CT molecular complexity index is 396. The van der Waals surface area contributed by atoms with Gasteiger partial charge in [0.2, 0.25) is 0 Å². The van der Waals surface area contributed by atoms with Gasteiger partial charge in [-0.3, -0.25) is 0 Å². The van der Waals surface area contributed by atoms with E-state index in [4.69, 9.17) is 9.47 Å². The van der Waals surface area contributed by atoms with Crippen LogP contribution in [0.4, 0.5) is 0 Å². The van der Waals surface area contributed by atoms with E-state index in [-0.39, 0.29) is 0 Å². The fourth-order valence-corrected chi connectivity index (χ4v) is 1.92. The molecule has 120 valence electrons. The van der Waals surface area contributed by atoms with Crippen molar-refractivity contribution in [2.75, 3.05) is 32.9 Å². The van der Waals surface area contributed by atoms with Crippen molar-refractivity contribution >= 4 is 0 Å². The number of ether oxygens (including phenoxy) is 2. The smallest absolute Gasteiger partial charge is 0.122 e. The van der Waals surface area contributed by atoms with E-state index >= 15 is 0 Å². The average molecular weight is 295 g/mol. The average Bonchev–Trinajstić information content (AvgIpc) is 2.47. The molecule has 0 heterocycles. The first-order chi connectivity index (χ1) is 10.1. The molecule has 0 spiro atoms. The van der Waals surface area contributed by atoms with Crippen molar-refractivity contribution in [3.63, 3.8) is 0 Å². The first-order valence-electron chi connectivity index (χ1n) is 7.80. The van der Waals surface area contributed by atoms with Gasteiger partial charge in [-0.1, -0.05) is 19.1 Å². The van der Waals surface area contributed by atoms with Gasteiger partial charge in [-0.05, 0) is 50.4 Å². The van der Waals surface area contributed by atoms with Gasteiger partial charge < -0.3 is 19.9 Å². The number of aryl methyl sites for hydroxylation is 2.